The Balaban J connectivity index is 1.71. The van der Waals surface area contributed by atoms with E-state index in [1.165, 1.54) is 25.8 Å². The highest BCUT2D eigenvalue weighted by Crippen LogP contribution is 2.18. The second kappa shape index (κ2) is 5.53. The van der Waals surface area contributed by atoms with Crippen LogP contribution < -0.4 is 0 Å². The van der Waals surface area contributed by atoms with Crippen LogP contribution in [0, 0.1) is 0 Å². The molecule has 0 saturated carbocycles. The highest BCUT2D eigenvalue weighted by atomic mass is 15.3. The van der Waals surface area contributed by atoms with E-state index in [-0.39, 0.29) is 0 Å². The molecular formula is C15H20N4. The molecule has 3 heterocycles. The summed E-state index contributed by atoms with van der Waals surface area (Å²) in [5.74, 6) is 0. The van der Waals surface area contributed by atoms with E-state index in [0.29, 0.717) is 6.04 Å². The van der Waals surface area contributed by atoms with E-state index in [1.807, 2.05) is 30.5 Å². The molecule has 2 aromatic rings. The van der Waals surface area contributed by atoms with Crippen molar-refractivity contribution in [3.05, 3.63) is 36.7 Å². The zero-order valence-corrected chi connectivity index (χ0v) is 11.4. The van der Waals surface area contributed by atoms with Crippen LogP contribution in [-0.2, 0) is 6.54 Å². The fraction of sp³-hybridized carbons (Fsp3) is 0.467. The van der Waals surface area contributed by atoms with Crippen molar-refractivity contribution < 1.29 is 0 Å². The number of likely N-dealkylation sites (tertiary alicyclic amines) is 1. The van der Waals surface area contributed by atoms with Crippen LogP contribution in [0.15, 0.2) is 36.7 Å². The minimum absolute atomic E-state index is 0.616. The van der Waals surface area contributed by atoms with Gasteiger partial charge in [0.15, 0.2) is 0 Å². The summed E-state index contributed by atoms with van der Waals surface area (Å²) in [6.07, 6.45) is 7.81. The van der Waals surface area contributed by atoms with Gasteiger partial charge < -0.3 is 4.90 Å². The molecule has 0 aromatic carbocycles. The van der Waals surface area contributed by atoms with Crippen molar-refractivity contribution in [3.8, 4) is 11.4 Å². The molecule has 19 heavy (non-hydrogen) atoms. The Labute approximate surface area is 114 Å². The molecule has 3 rings (SSSR count). The third-order valence-corrected chi connectivity index (χ3v) is 3.89. The highest BCUT2D eigenvalue weighted by molar-refractivity contribution is 5.52. The lowest BCUT2D eigenvalue weighted by atomic mass is 10.0. The van der Waals surface area contributed by atoms with Crippen LogP contribution in [0.4, 0.5) is 0 Å². The zero-order chi connectivity index (χ0) is 13.1. The number of nitrogens with zero attached hydrogens (tertiary/aromatic N) is 4. The maximum atomic E-state index is 4.64. The molecule has 0 aliphatic carbocycles. The number of likely N-dealkylation sites (N-methyl/N-ethyl adjacent to an activating group) is 1. The number of pyridine rings is 1. The van der Waals surface area contributed by atoms with Gasteiger partial charge >= 0.3 is 0 Å². The van der Waals surface area contributed by atoms with Gasteiger partial charge in [-0.15, -0.1) is 0 Å². The van der Waals surface area contributed by atoms with Gasteiger partial charge in [0.2, 0.25) is 0 Å². The van der Waals surface area contributed by atoms with Crippen LogP contribution in [0.5, 0.6) is 0 Å². The third-order valence-electron chi connectivity index (χ3n) is 3.89. The van der Waals surface area contributed by atoms with Gasteiger partial charge in [-0.3, -0.25) is 9.67 Å². The predicted molar refractivity (Wildman–Crippen MR) is 75.7 cm³/mol. The monoisotopic (exact) mass is 256 g/mol. The molecule has 1 unspecified atom stereocenters. The molecule has 4 nitrogen and oxygen atoms in total. The Bertz CT molecular complexity index is 520. The molecule has 1 saturated heterocycles. The molecule has 2 aromatic heterocycles. The van der Waals surface area contributed by atoms with Gasteiger partial charge in [0.05, 0.1) is 12.2 Å². The topological polar surface area (TPSA) is 34.0 Å². The number of aromatic nitrogens is 3. The first kappa shape index (κ1) is 12.4. The van der Waals surface area contributed by atoms with Crippen LogP contribution in [0.2, 0.25) is 0 Å². The number of hydrogen-bond donors (Lipinski definition) is 0. The van der Waals surface area contributed by atoms with Crippen molar-refractivity contribution in [2.75, 3.05) is 13.6 Å². The normalized spacial score (nSPS) is 20.6. The second-order valence-corrected chi connectivity index (χ2v) is 5.27. The first-order chi connectivity index (χ1) is 9.33. The quantitative estimate of drug-likeness (QED) is 0.846. The first-order valence-corrected chi connectivity index (χ1v) is 6.98. The Kier molecular flexibility index (Phi) is 3.60. The molecular weight excluding hydrogens is 236 g/mol. The average molecular weight is 256 g/mol. The molecule has 1 aliphatic rings. The van der Waals surface area contributed by atoms with Crippen LogP contribution >= 0.6 is 0 Å². The maximum absolute atomic E-state index is 4.64. The van der Waals surface area contributed by atoms with Gasteiger partial charge in [-0.2, -0.15) is 5.10 Å². The summed E-state index contributed by atoms with van der Waals surface area (Å²) in [5.41, 5.74) is 1.90. The van der Waals surface area contributed by atoms with Crippen LogP contribution in [0.3, 0.4) is 0 Å². The highest BCUT2D eigenvalue weighted by Gasteiger charge is 2.19. The first-order valence-electron chi connectivity index (χ1n) is 6.98. The predicted octanol–water partition coefficient (Wildman–Crippen LogP) is 2.43. The van der Waals surface area contributed by atoms with E-state index >= 15 is 0 Å². The average Bonchev–Trinajstić information content (AvgIpc) is 2.91. The molecule has 0 amide bonds. The summed E-state index contributed by atoms with van der Waals surface area (Å²) in [4.78, 5) is 6.79. The molecule has 4 heteroatoms. The molecule has 1 aliphatic heterocycles. The van der Waals surface area contributed by atoms with E-state index in [4.69, 9.17) is 0 Å². The summed E-state index contributed by atoms with van der Waals surface area (Å²) in [6.45, 7) is 2.18. The van der Waals surface area contributed by atoms with Gasteiger partial charge in [-0.25, -0.2) is 0 Å². The van der Waals surface area contributed by atoms with Gasteiger partial charge in [0, 0.05) is 18.4 Å². The van der Waals surface area contributed by atoms with Crippen LogP contribution in [-0.4, -0.2) is 39.3 Å². The Hall–Kier alpha value is -1.68. The van der Waals surface area contributed by atoms with Crippen LogP contribution in [0.1, 0.15) is 19.3 Å². The summed E-state index contributed by atoms with van der Waals surface area (Å²) in [5, 5.41) is 4.64. The maximum Gasteiger partial charge on any atom is 0.111 e. The van der Waals surface area contributed by atoms with Crippen molar-refractivity contribution in [1.82, 2.24) is 19.7 Å². The number of piperidine rings is 1. The van der Waals surface area contributed by atoms with Crippen molar-refractivity contribution in [2.24, 2.45) is 0 Å². The van der Waals surface area contributed by atoms with Gasteiger partial charge in [-0.05, 0) is 44.6 Å². The largest absolute Gasteiger partial charge is 0.302 e. The van der Waals surface area contributed by atoms with Crippen molar-refractivity contribution in [2.45, 2.75) is 31.8 Å². The molecule has 1 atom stereocenters. The van der Waals surface area contributed by atoms with Gasteiger partial charge in [0.25, 0.3) is 0 Å². The SMILES string of the molecule is CN1CCCCC1Cn1ccc(-c2ccccn2)n1. The number of rotatable bonds is 3. The fourth-order valence-corrected chi connectivity index (χ4v) is 2.70. The van der Waals surface area contributed by atoms with E-state index in [9.17, 15) is 0 Å². The van der Waals surface area contributed by atoms with Crippen molar-refractivity contribution in [3.63, 3.8) is 0 Å². The summed E-state index contributed by atoms with van der Waals surface area (Å²) in [6, 6.07) is 8.59. The fourth-order valence-electron chi connectivity index (χ4n) is 2.70. The molecule has 0 spiro atoms. The van der Waals surface area contributed by atoms with E-state index < -0.39 is 0 Å². The number of hydrogen-bond acceptors (Lipinski definition) is 3. The summed E-state index contributed by atoms with van der Waals surface area (Å²) in [7, 11) is 2.22. The Morgan fingerprint density at radius 3 is 2.95 bits per heavy atom. The summed E-state index contributed by atoms with van der Waals surface area (Å²) < 4.78 is 2.05. The van der Waals surface area contributed by atoms with E-state index in [0.717, 1.165) is 17.9 Å². The van der Waals surface area contributed by atoms with Crippen LogP contribution in [0.25, 0.3) is 11.4 Å². The van der Waals surface area contributed by atoms with E-state index in [2.05, 4.69) is 32.9 Å². The Morgan fingerprint density at radius 2 is 2.16 bits per heavy atom. The molecule has 0 bridgehead atoms. The van der Waals surface area contributed by atoms with E-state index in [1.54, 1.807) is 0 Å². The zero-order valence-electron chi connectivity index (χ0n) is 11.4. The molecule has 0 radical (unpaired) electrons. The second-order valence-electron chi connectivity index (χ2n) is 5.27. The molecule has 0 N–H and O–H groups in total. The molecule has 1 fully saturated rings. The lowest BCUT2D eigenvalue weighted by Gasteiger charge is -2.32. The Morgan fingerprint density at radius 1 is 1.21 bits per heavy atom. The minimum atomic E-state index is 0.616. The van der Waals surface area contributed by atoms with Crippen molar-refractivity contribution in [1.29, 1.82) is 0 Å². The van der Waals surface area contributed by atoms with Crippen molar-refractivity contribution >= 4 is 0 Å². The third kappa shape index (κ3) is 2.84. The minimum Gasteiger partial charge on any atom is -0.302 e. The standard InChI is InChI=1S/C15H20N4/c1-18-10-5-3-6-13(18)12-19-11-8-15(17-19)14-7-2-4-9-16-14/h2,4,7-9,11,13H,3,5-6,10,12H2,1H3. The molecule has 100 valence electrons. The lowest BCUT2D eigenvalue weighted by molar-refractivity contribution is 0.163. The van der Waals surface area contributed by atoms with Gasteiger partial charge in [0.1, 0.15) is 5.69 Å². The lowest BCUT2D eigenvalue weighted by Crippen LogP contribution is -2.39. The summed E-state index contributed by atoms with van der Waals surface area (Å²) >= 11 is 0. The van der Waals surface area contributed by atoms with Gasteiger partial charge in [-0.1, -0.05) is 12.5 Å². The smallest absolute Gasteiger partial charge is 0.111 e.